The summed E-state index contributed by atoms with van der Waals surface area (Å²) in [4.78, 5) is 32.5. The van der Waals surface area contributed by atoms with Crippen molar-refractivity contribution in [2.75, 3.05) is 6.61 Å². The van der Waals surface area contributed by atoms with Crippen molar-refractivity contribution in [1.29, 1.82) is 0 Å². The lowest BCUT2D eigenvalue weighted by Crippen LogP contribution is -2.40. The van der Waals surface area contributed by atoms with Gasteiger partial charge in [-0.25, -0.2) is 4.79 Å². The predicted molar refractivity (Wildman–Crippen MR) is 101 cm³/mol. The molecule has 8 heteroatoms. The van der Waals surface area contributed by atoms with Crippen molar-refractivity contribution >= 4 is 0 Å². The Morgan fingerprint density at radius 1 is 1.21 bits per heavy atom. The minimum absolute atomic E-state index is 0.0916. The van der Waals surface area contributed by atoms with Gasteiger partial charge in [-0.05, 0) is 26.3 Å². The molecule has 0 aliphatic carbocycles. The van der Waals surface area contributed by atoms with Crippen LogP contribution in [-0.2, 0) is 20.9 Å². The van der Waals surface area contributed by atoms with Gasteiger partial charge >= 0.3 is 5.69 Å². The summed E-state index contributed by atoms with van der Waals surface area (Å²) in [5.41, 5.74) is 0.690. The Hall–Kier alpha value is -2.26. The van der Waals surface area contributed by atoms with Gasteiger partial charge in [0.05, 0.1) is 12.6 Å². The molecular formula is C20H25N3O5. The molecule has 0 radical (unpaired) electrons. The van der Waals surface area contributed by atoms with Gasteiger partial charge in [-0.15, -0.1) is 0 Å². The molecule has 3 atom stereocenters. The van der Waals surface area contributed by atoms with Gasteiger partial charge in [0.2, 0.25) is 0 Å². The van der Waals surface area contributed by atoms with Crippen LogP contribution in [0.15, 0.2) is 46.1 Å². The van der Waals surface area contributed by atoms with Gasteiger partial charge in [-0.1, -0.05) is 30.3 Å². The third-order valence-corrected chi connectivity index (χ3v) is 5.17. The molecule has 8 nitrogen and oxygen atoms in total. The van der Waals surface area contributed by atoms with Crippen molar-refractivity contribution in [3.05, 3.63) is 68.5 Å². The molecule has 2 saturated heterocycles. The summed E-state index contributed by atoms with van der Waals surface area (Å²) in [6.07, 6.45) is 1.39. The molecule has 3 heterocycles. The van der Waals surface area contributed by atoms with E-state index in [1.54, 1.807) is 13.1 Å². The number of aryl methyl sites for hydroxylation is 1. The summed E-state index contributed by atoms with van der Waals surface area (Å²) >= 11 is 0. The number of hydroxylamine groups is 2. The number of benzene rings is 1. The second-order valence-corrected chi connectivity index (χ2v) is 7.77. The summed E-state index contributed by atoms with van der Waals surface area (Å²) in [5, 5.41) is 1.86. The minimum Gasteiger partial charge on any atom is -0.348 e. The first-order valence-corrected chi connectivity index (χ1v) is 9.43. The topological polar surface area (TPSA) is 85.8 Å². The molecule has 0 spiro atoms. The molecule has 1 N–H and O–H groups in total. The number of H-pyrrole nitrogens is 1. The van der Waals surface area contributed by atoms with Gasteiger partial charge in [-0.3, -0.25) is 19.2 Å². The average Bonchev–Trinajstić information content (AvgIpc) is 3.22. The maximum Gasteiger partial charge on any atom is 0.330 e. The smallest absolute Gasteiger partial charge is 0.330 e. The van der Waals surface area contributed by atoms with Crippen LogP contribution >= 0.6 is 0 Å². The van der Waals surface area contributed by atoms with E-state index in [4.69, 9.17) is 14.3 Å². The van der Waals surface area contributed by atoms with Crippen molar-refractivity contribution < 1.29 is 14.3 Å². The largest absolute Gasteiger partial charge is 0.348 e. The molecule has 0 saturated carbocycles. The van der Waals surface area contributed by atoms with E-state index < -0.39 is 17.7 Å². The minimum atomic E-state index is -0.646. The van der Waals surface area contributed by atoms with E-state index in [0.29, 0.717) is 25.1 Å². The molecule has 4 rings (SSSR count). The quantitative estimate of drug-likeness (QED) is 0.860. The third-order valence-electron chi connectivity index (χ3n) is 5.17. The number of aromatic amines is 1. The monoisotopic (exact) mass is 387 g/mol. The van der Waals surface area contributed by atoms with E-state index in [2.05, 4.69) is 4.98 Å². The van der Waals surface area contributed by atoms with E-state index in [9.17, 15) is 9.59 Å². The maximum atomic E-state index is 12.3. The van der Waals surface area contributed by atoms with Crippen molar-refractivity contribution in [2.45, 2.75) is 57.9 Å². The van der Waals surface area contributed by atoms with Crippen molar-refractivity contribution in [3.8, 4) is 0 Å². The number of nitrogens with zero attached hydrogens (tertiary/aromatic N) is 2. The molecule has 1 aromatic carbocycles. The number of hydrogen-bond acceptors (Lipinski definition) is 6. The standard InChI is InChI=1S/C20H25N3O5/c1-13-10-22(19(25)21-18(13)24)17-9-15(16-12-26-20(2,3)27-16)23(28-17)11-14-7-5-4-6-8-14/h4-8,10,15-17H,9,11-12H2,1-3H3,(H,21,24,25)/t15-,16-,17+/m1/s1. The Balaban J connectivity index is 1.62. The molecule has 0 bridgehead atoms. The highest BCUT2D eigenvalue weighted by Gasteiger charge is 2.45. The van der Waals surface area contributed by atoms with Gasteiger partial charge in [-0.2, -0.15) is 5.06 Å². The number of ether oxygens (including phenoxy) is 2. The molecule has 1 aromatic heterocycles. The molecule has 150 valence electrons. The zero-order chi connectivity index (χ0) is 19.9. The Kier molecular flexibility index (Phi) is 4.96. The second kappa shape index (κ2) is 7.29. The summed E-state index contributed by atoms with van der Waals surface area (Å²) in [5.74, 6) is -0.646. The van der Waals surface area contributed by atoms with Crippen LogP contribution in [0.3, 0.4) is 0 Å². The van der Waals surface area contributed by atoms with Gasteiger partial charge in [0, 0.05) is 24.7 Å². The third kappa shape index (κ3) is 3.81. The van der Waals surface area contributed by atoms with E-state index in [-0.39, 0.29) is 17.7 Å². The highest BCUT2D eigenvalue weighted by atomic mass is 16.8. The average molecular weight is 387 g/mol. The Morgan fingerprint density at radius 3 is 2.64 bits per heavy atom. The SMILES string of the molecule is Cc1cn([C@@H]2C[C@H]([C@H]3COC(C)(C)O3)N(Cc3ccccc3)O2)c(=O)[nH]c1=O. The summed E-state index contributed by atoms with van der Waals surface area (Å²) in [6, 6.07) is 9.89. The van der Waals surface area contributed by atoms with Crippen molar-refractivity contribution in [2.24, 2.45) is 0 Å². The van der Waals surface area contributed by atoms with Gasteiger partial charge in [0.15, 0.2) is 12.0 Å². The Bertz CT molecular complexity index is 952. The fourth-order valence-electron chi connectivity index (χ4n) is 3.73. The first kappa shape index (κ1) is 19.1. The van der Waals surface area contributed by atoms with Crippen LogP contribution in [0, 0.1) is 6.92 Å². The van der Waals surface area contributed by atoms with Crippen molar-refractivity contribution in [1.82, 2.24) is 14.6 Å². The summed E-state index contributed by atoms with van der Waals surface area (Å²) in [7, 11) is 0. The molecule has 0 unspecified atom stereocenters. The van der Waals surface area contributed by atoms with Crippen molar-refractivity contribution in [3.63, 3.8) is 0 Å². The number of aromatic nitrogens is 2. The summed E-state index contributed by atoms with van der Waals surface area (Å²) < 4.78 is 13.3. The highest BCUT2D eigenvalue weighted by Crippen LogP contribution is 2.36. The molecule has 2 aliphatic heterocycles. The van der Waals surface area contributed by atoms with E-state index in [1.807, 2.05) is 49.2 Å². The molecule has 0 amide bonds. The zero-order valence-corrected chi connectivity index (χ0v) is 16.3. The van der Waals surface area contributed by atoms with E-state index >= 15 is 0 Å². The lowest BCUT2D eigenvalue weighted by atomic mass is 10.1. The molecular weight excluding hydrogens is 362 g/mol. The molecule has 2 aromatic rings. The van der Waals surface area contributed by atoms with Crippen LogP contribution in [0.2, 0.25) is 0 Å². The lowest BCUT2D eigenvalue weighted by molar-refractivity contribution is -0.209. The first-order chi connectivity index (χ1) is 13.3. The second-order valence-electron chi connectivity index (χ2n) is 7.77. The van der Waals surface area contributed by atoms with E-state index in [0.717, 1.165) is 5.56 Å². The van der Waals surface area contributed by atoms with Gasteiger partial charge in [0.1, 0.15) is 6.10 Å². The summed E-state index contributed by atoms with van der Waals surface area (Å²) in [6.45, 7) is 6.45. The normalized spacial score (nSPS) is 27.3. The fourth-order valence-corrected chi connectivity index (χ4v) is 3.73. The van der Waals surface area contributed by atoms with Crippen LogP contribution in [0.25, 0.3) is 0 Å². The van der Waals surface area contributed by atoms with Gasteiger partial charge in [0.25, 0.3) is 5.56 Å². The van der Waals surface area contributed by atoms with Crippen LogP contribution in [0.4, 0.5) is 0 Å². The first-order valence-electron chi connectivity index (χ1n) is 9.43. The predicted octanol–water partition coefficient (Wildman–Crippen LogP) is 1.70. The van der Waals surface area contributed by atoms with Crippen LogP contribution in [-0.4, -0.2) is 39.2 Å². The highest BCUT2D eigenvalue weighted by molar-refractivity contribution is 5.14. The number of hydrogen-bond donors (Lipinski definition) is 1. The fraction of sp³-hybridized carbons (Fsp3) is 0.500. The number of rotatable bonds is 4. The Labute approximate surface area is 162 Å². The maximum absolute atomic E-state index is 12.3. The Morgan fingerprint density at radius 2 is 1.96 bits per heavy atom. The molecule has 28 heavy (non-hydrogen) atoms. The van der Waals surface area contributed by atoms with Crippen LogP contribution in [0.5, 0.6) is 0 Å². The zero-order valence-electron chi connectivity index (χ0n) is 16.3. The molecule has 2 fully saturated rings. The van der Waals surface area contributed by atoms with E-state index in [1.165, 1.54) is 4.57 Å². The van der Waals surface area contributed by atoms with Gasteiger partial charge < -0.3 is 9.47 Å². The molecule has 2 aliphatic rings. The number of nitrogens with one attached hydrogen (secondary N) is 1. The van der Waals surface area contributed by atoms with Crippen LogP contribution < -0.4 is 11.2 Å². The van der Waals surface area contributed by atoms with Crippen LogP contribution in [0.1, 0.15) is 37.6 Å². The lowest BCUT2D eigenvalue weighted by Gasteiger charge is -2.27.